The second-order valence-corrected chi connectivity index (χ2v) is 6.72. The molecule has 1 saturated heterocycles. The van der Waals surface area contributed by atoms with Crippen molar-refractivity contribution in [2.75, 3.05) is 20.1 Å². The monoisotopic (exact) mass is 346 g/mol. The molecule has 1 fully saturated rings. The van der Waals surface area contributed by atoms with E-state index in [0.717, 1.165) is 32.4 Å². The first-order valence-electron chi connectivity index (χ1n) is 8.60. The third kappa shape index (κ3) is 4.28. The molecule has 3 rings (SSSR count). The van der Waals surface area contributed by atoms with Crippen molar-refractivity contribution in [2.45, 2.75) is 32.2 Å². The van der Waals surface area contributed by atoms with E-state index in [-0.39, 0.29) is 18.3 Å². The van der Waals surface area contributed by atoms with Crippen LogP contribution in [0.5, 0.6) is 0 Å². The lowest BCUT2D eigenvalue weighted by molar-refractivity contribution is -0.135. The molecule has 0 bridgehead atoms. The minimum Gasteiger partial charge on any atom is -0.345 e. The van der Waals surface area contributed by atoms with Gasteiger partial charge in [-0.15, -0.1) is 12.4 Å². The molecule has 4 heteroatoms. The van der Waals surface area contributed by atoms with Gasteiger partial charge in [0.2, 0.25) is 5.91 Å². The molecule has 24 heavy (non-hydrogen) atoms. The average molecular weight is 347 g/mol. The smallest absolute Gasteiger partial charge is 0.225 e. The molecule has 1 amide bonds. The number of fused-ring (bicyclic) bond motifs is 1. The van der Waals surface area contributed by atoms with E-state index >= 15 is 0 Å². The molecule has 1 heterocycles. The van der Waals surface area contributed by atoms with Crippen molar-refractivity contribution >= 4 is 29.1 Å². The largest absolute Gasteiger partial charge is 0.345 e. The summed E-state index contributed by atoms with van der Waals surface area (Å²) >= 11 is 0. The zero-order chi connectivity index (χ0) is 16.2. The Kier molecular flexibility index (Phi) is 6.64. The molecule has 1 N–H and O–H groups in total. The molecule has 3 nitrogen and oxygen atoms in total. The maximum absolute atomic E-state index is 12.6. The summed E-state index contributed by atoms with van der Waals surface area (Å²) < 4.78 is 0. The van der Waals surface area contributed by atoms with Crippen LogP contribution < -0.4 is 5.32 Å². The van der Waals surface area contributed by atoms with Gasteiger partial charge in [-0.1, -0.05) is 42.5 Å². The predicted molar refractivity (Wildman–Crippen MR) is 103 cm³/mol. The van der Waals surface area contributed by atoms with E-state index in [1.54, 1.807) is 0 Å². The van der Waals surface area contributed by atoms with Crippen LogP contribution in [-0.4, -0.2) is 37.0 Å². The SMILES string of the molecule is C[C@H]1C[C@@H](C(=O)N(C)CCc2cccc3ccccc23)CCN1.Cl. The third-order valence-corrected chi connectivity index (χ3v) is 4.95. The molecule has 2 atom stereocenters. The van der Waals surface area contributed by atoms with Gasteiger partial charge in [0, 0.05) is 25.6 Å². The van der Waals surface area contributed by atoms with Gasteiger partial charge in [0.25, 0.3) is 0 Å². The second kappa shape index (κ2) is 8.50. The number of nitrogens with zero attached hydrogens (tertiary/aromatic N) is 1. The highest BCUT2D eigenvalue weighted by molar-refractivity contribution is 5.86. The highest BCUT2D eigenvalue weighted by atomic mass is 35.5. The molecule has 0 aromatic heterocycles. The topological polar surface area (TPSA) is 32.3 Å². The fourth-order valence-electron chi connectivity index (χ4n) is 3.58. The van der Waals surface area contributed by atoms with Crippen molar-refractivity contribution in [1.29, 1.82) is 0 Å². The van der Waals surface area contributed by atoms with Gasteiger partial charge in [0.15, 0.2) is 0 Å². The van der Waals surface area contributed by atoms with Crippen LogP contribution in [0.4, 0.5) is 0 Å². The van der Waals surface area contributed by atoms with Crippen molar-refractivity contribution < 1.29 is 4.79 Å². The Bertz CT molecular complexity index is 683. The van der Waals surface area contributed by atoms with Crippen LogP contribution in [0.3, 0.4) is 0 Å². The van der Waals surface area contributed by atoms with E-state index in [0.29, 0.717) is 11.9 Å². The van der Waals surface area contributed by atoms with E-state index in [1.807, 2.05) is 11.9 Å². The highest BCUT2D eigenvalue weighted by Gasteiger charge is 2.26. The molecular weight excluding hydrogens is 320 g/mol. The summed E-state index contributed by atoms with van der Waals surface area (Å²) in [5, 5.41) is 5.98. The molecule has 0 saturated carbocycles. The number of likely N-dealkylation sites (N-methyl/N-ethyl adjacent to an activating group) is 1. The summed E-state index contributed by atoms with van der Waals surface area (Å²) in [6.07, 6.45) is 2.82. The van der Waals surface area contributed by atoms with Crippen LogP contribution in [0.15, 0.2) is 42.5 Å². The zero-order valence-corrected chi connectivity index (χ0v) is 15.3. The molecule has 2 aromatic carbocycles. The fourth-order valence-corrected chi connectivity index (χ4v) is 3.58. The number of carbonyl (C=O) groups is 1. The van der Waals surface area contributed by atoms with Gasteiger partial charge in [-0.05, 0) is 49.1 Å². The lowest BCUT2D eigenvalue weighted by Gasteiger charge is -2.30. The van der Waals surface area contributed by atoms with Gasteiger partial charge in [0.1, 0.15) is 0 Å². The molecule has 0 spiro atoms. The predicted octanol–water partition coefficient (Wildman–Crippen LogP) is 3.65. The van der Waals surface area contributed by atoms with Gasteiger partial charge in [-0.2, -0.15) is 0 Å². The molecule has 1 aliphatic rings. The van der Waals surface area contributed by atoms with Gasteiger partial charge in [0.05, 0.1) is 0 Å². The first-order valence-corrected chi connectivity index (χ1v) is 8.60. The molecule has 0 unspecified atom stereocenters. The van der Waals surface area contributed by atoms with Gasteiger partial charge >= 0.3 is 0 Å². The summed E-state index contributed by atoms with van der Waals surface area (Å²) in [6.45, 7) is 3.90. The van der Waals surface area contributed by atoms with Crippen molar-refractivity contribution in [2.24, 2.45) is 5.92 Å². The lowest BCUT2D eigenvalue weighted by atomic mass is 9.92. The fraction of sp³-hybridized carbons (Fsp3) is 0.450. The van der Waals surface area contributed by atoms with Crippen LogP contribution in [-0.2, 0) is 11.2 Å². The van der Waals surface area contributed by atoms with Crippen molar-refractivity contribution in [1.82, 2.24) is 10.2 Å². The Morgan fingerprint density at radius 1 is 1.21 bits per heavy atom. The van der Waals surface area contributed by atoms with Crippen molar-refractivity contribution in [3.05, 3.63) is 48.0 Å². The second-order valence-electron chi connectivity index (χ2n) is 6.72. The first kappa shape index (κ1) is 18.8. The van der Waals surface area contributed by atoms with E-state index < -0.39 is 0 Å². The molecule has 1 aliphatic heterocycles. The van der Waals surface area contributed by atoms with Crippen LogP contribution in [0.25, 0.3) is 10.8 Å². The summed E-state index contributed by atoms with van der Waals surface area (Å²) in [4.78, 5) is 14.5. The van der Waals surface area contributed by atoms with E-state index in [9.17, 15) is 4.79 Å². The maximum atomic E-state index is 12.6. The number of hydrogen-bond donors (Lipinski definition) is 1. The zero-order valence-electron chi connectivity index (χ0n) is 14.5. The summed E-state index contributed by atoms with van der Waals surface area (Å²) in [7, 11) is 1.94. The molecule has 130 valence electrons. The average Bonchev–Trinajstić information content (AvgIpc) is 2.59. The standard InChI is InChI=1S/C20H26N2O.ClH/c1-15-14-18(10-12-21-15)20(23)22(2)13-11-17-8-5-7-16-6-3-4-9-19(16)17;/h3-9,15,18,21H,10-14H2,1-2H3;1H/t15-,18-;/m0./s1. The van der Waals surface area contributed by atoms with Crippen LogP contribution in [0.1, 0.15) is 25.3 Å². The van der Waals surface area contributed by atoms with Crippen LogP contribution in [0.2, 0.25) is 0 Å². The van der Waals surface area contributed by atoms with Crippen molar-refractivity contribution in [3.63, 3.8) is 0 Å². The summed E-state index contributed by atoms with van der Waals surface area (Å²) in [5.74, 6) is 0.488. The Morgan fingerprint density at radius 2 is 1.96 bits per heavy atom. The quantitative estimate of drug-likeness (QED) is 0.916. The minimum absolute atomic E-state index is 0. The van der Waals surface area contributed by atoms with E-state index in [2.05, 4.69) is 54.7 Å². The molecular formula is C20H27ClN2O. The Labute approximate surface area is 150 Å². The number of piperidine rings is 1. The van der Waals surface area contributed by atoms with Gasteiger partial charge < -0.3 is 10.2 Å². The summed E-state index contributed by atoms with van der Waals surface area (Å²) in [5.41, 5.74) is 1.32. The lowest BCUT2D eigenvalue weighted by Crippen LogP contribution is -2.43. The number of benzene rings is 2. The third-order valence-electron chi connectivity index (χ3n) is 4.95. The number of amides is 1. The maximum Gasteiger partial charge on any atom is 0.225 e. The Hall–Kier alpha value is -1.58. The molecule has 0 radical (unpaired) electrons. The van der Waals surface area contributed by atoms with E-state index in [1.165, 1.54) is 16.3 Å². The number of carbonyl (C=O) groups excluding carboxylic acids is 1. The first-order chi connectivity index (χ1) is 11.1. The van der Waals surface area contributed by atoms with Gasteiger partial charge in [-0.25, -0.2) is 0 Å². The minimum atomic E-state index is 0. The number of halogens is 1. The normalized spacial score (nSPS) is 20.4. The number of rotatable bonds is 4. The van der Waals surface area contributed by atoms with E-state index in [4.69, 9.17) is 0 Å². The molecule has 0 aliphatic carbocycles. The molecule has 2 aromatic rings. The summed E-state index contributed by atoms with van der Waals surface area (Å²) in [6, 6.07) is 15.3. The van der Waals surface area contributed by atoms with Crippen LogP contribution >= 0.6 is 12.4 Å². The number of nitrogens with one attached hydrogen (secondary N) is 1. The van der Waals surface area contributed by atoms with Crippen molar-refractivity contribution in [3.8, 4) is 0 Å². The van der Waals surface area contributed by atoms with Gasteiger partial charge in [-0.3, -0.25) is 4.79 Å². The highest BCUT2D eigenvalue weighted by Crippen LogP contribution is 2.21. The Balaban J connectivity index is 0.00000208. The number of hydrogen-bond acceptors (Lipinski definition) is 2. The Morgan fingerprint density at radius 3 is 2.75 bits per heavy atom. The van der Waals surface area contributed by atoms with Crippen LogP contribution in [0, 0.1) is 5.92 Å².